The second kappa shape index (κ2) is 7.27. The Bertz CT molecular complexity index is 391. The molecule has 1 aromatic rings. The van der Waals surface area contributed by atoms with Gasteiger partial charge in [-0.25, -0.2) is 4.79 Å². The van der Waals surface area contributed by atoms with E-state index >= 15 is 0 Å². The van der Waals surface area contributed by atoms with E-state index in [1.807, 2.05) is 31.2 Å². The topological polar surface area (TPSA) is 41.1 Å². The first kappa shape index (κ1) is 14.8. The Morgan fingerprint density at radius 3 is 2.39 bits per heavy atom. The van der Waals surface area contributed by atoms with Crippen molar-refractivity contribution in [3.8, 4) is 0 Å². The zero-order valence-electron chi connectivity index (χ0n) is 11.2. The lowest BCUT2D eigenvalue weighted by Crippen LogP contribution is -2.42. The average molecular weight is 269 g/mol. The van der Waals surface area contributed by atoms with Crippen LogP contribution in [0.5, 0.6) is 0 Å². The number of amides is 2. The van der Waals surface area contributed by atoms with Crippen molar-refractivity contribution in [3.05, 3.63) is 34.9 Å². The predicted molar refractivity (Wildman–Crippen MR) is 75.9 cm³/mol. The summed E-state index contributed by atoms with van der Waals surface area (Å²) in [5.74, 6) is 0. The Kier molecular flexibility index (Phi) is 5.99. The van der Waals surface area contributed by atoms with E-state index in [2.05, 4.69) is 24.5 Å². The first-order valence-corrected chi connectivity index (χ1v) is 6.77. The highest BCUT2D eigenvalue weighted by atomic mass is 35.5. The molecule has 0 aromatic heterocycles. The Balaban J connectivity index is 2.57. The monoisotopic (exact) mass is 268 g/mol. The highest BCUT2D eigenvalue weighted by Crippen LogP contribution is 2.21. The molecule has 0 aliphatic heterocycles. The molecular weight excluding hydrogens is 248 g/mol. The van der Waals surface area contributed by atoms with Crippen LogP contribution in [-0.2, 0) is 0 Å². The van der Waals surface area contributed by atoms with Crippen molar-refractivity contribution in [2.24, 2.45) is 0 Å². The van der Waals surface area contributed by atoms with E-state index in [0.717, 1.165) is 18.4 Å². The van der Waals surface area contributed by atoms with Gasteiger partial charge in [0.25, 0.3) is 0 Å². The molecule has 0 saturated carbocycles. The van der Waals surface area contributed by atoms with Crippen molar-refractivity contribution in [3.63, 3.8) is 0 Å². The van der Waals surface area contributed by atoms with Crippen LogP contribution in [0, 0.1) is 0 Å². The summed E-state index contributed by atoms with van der Waals surface area (Å²) in [6.45, 7) is 6.05. The fourth-order valence-corrected chi connectivity index (χ4v) is 2.12. The van der Waals surface area contributed by atoms with Crippen LogP contribution in [0.2, 0.25) is 5.02 Å². The normalized spacial score (nSPS) is 12.3. The lowest BCUT2D eigenvalue weighted by Gasteiger charge is -2.19. The van der Waals surface area contributed by atoms with Crippen molar-refractivity contribution in [1.82, 2.24) is 10.6 Å². The second-order valence-electron chi connectivity index (χ2n) is 4.37. The third-order valence-corrected chi connectivity index (χ3v) is 3.38. The van der Waals surface area contributed by atoms with E-state index in [0.29, 0.717) is 5.02 Å². The zero-order chi connectivity index (χ0) is 13.5. The number of hydrogen-bond acceptors (Lipinski definition) is 1. The second-order valence-corrected chi connectivity index (χ2v) is 4.78. The lowest BCUT2D eigenvalue weighted by atomic mass is 10.1. The van der Waals surface area contributed by atoms with Crippen LogP contribution in [-0.4, -0.2) is 12.1 Å². The van der Waals surface area contributed by atoms with Crippen LogP contribution < -0.4 is 10.6 Å². The Labute approximate surface area is 114 Å². The van der Waals surface area contributed by atoms with Crippen LogP contribution >= 0.6 is 11.6 Å². The van der Waals surface area contributed by atoms with Crippen LogP contribution in [0.15, 0.2) is 24.3 Å². The highest BCUT2D eigenvalue weighted by Gasteiger charge is 2.13. The van der Waals surface area contributed by atoms with E-state index in [-0.39, 0.29) is 18.1 Å². The number of benzene rings is 1. The van der Waals surface area contributed by atoms with E-state index in [9.17, 15) is 4.79 Å². The summed E-state index contributed by atoms with van der Waals surface area (Å²) in [7, 11) is 0. The third kappa shape index (κ3) is 4.22. The SMILES string of the molecule is CCC(CC)NC(=O)NC(C)c1ccccc1Cl. The molecule has 18 heavy (non-hydrogen) atoms. The molecule has 1 unspecified atom stereocenters. The maximum absolute atomic E-state index is 11.8. The molecule has 3 nitrogen and oxygen atoms in total. The molecule has 0 aliphatic rings. The number of carbonyl (C=O) groups is 1. The minimum Gasteiger partial charge on any atom is -0.335 e. The van der Waals surface area contributed by atoms with Gasteiger partial charge in [-0.3, -0.25) is 0 Å². The largest absolute Gasteiger partial charge is 0.335 e. The molecule has 2 amide bonds. The first-order valence-electron chi connectivity index (χ1n) is 6.39. The molecule has 1 atom stereocenters. The fourth-order valence-electron chi connectivity index (χ4n) is 1.82. The van der Waals surface area contributed by atoms with Gasteiger partial charge in [0.2, 0.25) is 0 Å². The summed E-state index contributed by atoms with van der Waals surface area (Å²) >= 11 is 6.09. The van der Waals surface area contributed by atoms with Gasteiger partial charge in [-0.05, 0) is 31.4 Å². The molecule has 4 heteroatoms. The molecule has 0 aliphatic carbocycles. The number of carbonyl (C=O) groups excluding carboxylic acids is 1. The lowest BCUT2D eigenvalue weighted by molar-refractivity contribution is 0.233. The predicted octanol–water partition coefficient (Wildman–Crippen LogP) is 3.89. The molecule has 1 rings (SSSR count). The summed E-state index contributed by atoms with van der Waals surface area (Å²) in [4.78, 5) is 11.8. The van der Waals surface area contributed by atoms with Crippen molar-refractivity contribution in [2.45, 2.75) is 45.7 Å². The zero-order valence-corrected chi connectivity index (χ0v) is 11.9. The van der Waals surface area contributed by atoms with Crippen molar-refractivity contribution in [1.29, 1.82) is 0 Å². The number of nitrogens with one attached hydrogen (secondary N) is 2. The van der Waals surface area contributed by atoms with E-state index in [4.69, 9.17) is 11.6 Å². The summed E-state index contributed by atoms with van der Waals surface area (Å²) in [5.41, 5.74) is 0.930. The van der Waals surface area contributed by atoms with Gasteiger partial charge in [-0.15, -0.1) is 0 Å². The number of halogens is 1. The van der Waals surface area contributed by atoms with E-state index in [1.54, 1.807) is 0 Å². The molecule has 0 radical (unpaired) electrons. The van der Waals surface area contributed by atoms with Crippen LogP contribution in [0.4, 0.5) is 4.79 Å². The maximum atomic E-state index is 11.8. The van der Waals surface area contributed by atoms with Crippen molar-refractivity contribution >= 4 is 17.6 Å². The summed E-state index contributed by atoms with van der Waals surface area (Å²) in [5, 5.41) is 6.52. The molecule has 0 heterocycles. The van der Waals surface area contributed by atoms with E-state index in [1.165, 1.54) is 0 Å². The minimum absolute atomic E-state index is 0.104. The van der Waals surface area contributed by atoms with Crippen LogP contribution in [0.25, 0.3) is 0 Å². The van der Waals surface area contributed by atoms with Gasteiger partial charge < -0.3 is 10.6 Å². The standard InChI is InChI=1S/C14H21ClN2O/c1-4-11(5-2)17-14(18)16-10(3)12-8-6-7-9-13(12)15/h6-11H,4-5H2,1-3H3,(H2,16,17,18). The minimum atomic E-state index is -0.142. The average Bonchev–Trinajstić information content (AvgIpc) is 2.36. The highest BCUT2D eigenvalue weighted by molar-refractivity contribution is 6.31. The fraction of sp³-hybridized carbons (Fsp3) is 0.500. The molecule has 2 N–H and O–H groups in total. The van der Waals surface area contributed by atoms with E-state index < -0.39 is 0 Å². The number of rotatable bonds is 5. The smallest absolute Gasteiger partial charge is 0.315 e. The van der Waals surface area contributed by atoms with Crippen LogP contribution in [0.1, 0.15) is 45.2 Å². The van der Waals surface area contributed by atoms with Gasteiger partial charge in [0.05, 0.1) is 6.04 Å². The number of hydrogen-bond donors (Lipinski definition) is 2. The van der Waals surface area contributed by atoms with Gasteiger partial charge in [0.1, 0.15) is 0 Å². The Morgan fingerprint density at radius 1 is 1.22 bits per heavy atom. The third-order valence-electron chi connectivity index (χ3n) is 3.04. The van der Waals surface area contributed by atoms with Gasteiger partial charge >= 0.3 is 6.03 Å². The van der Waals surface area contributed by atoms with Gasteiger partial charge in [0, 0.05) is 11.1 Å². The Morgan fingerprint density at radius 2 is 1.83 bits per heavy atom. The molecule has 1 aromatic carbocycles. The molecule has 100 valence electrons. The van der Waals surface area contributed by atoms with Gasteiger partial charge in [-0.2, -0.15) is 0 Å². The van der Waals surface area contributed by atoms with Crippen LogP contribution in [0.3, 0.4) is 0 Å². The molecule has 0 bridgehead atoms. The van der Waals surface area contributed by atoms with Gasteiger partial charge in [0.15, 0.2) is 0 Å². The van der Waals surface area contributed by atoms with Crippen molar-refractivity contribution in [2.75, 3.05) is 0 Å². The first-order chi connectivity index (χ1) is 8.58. The maximum Gasteiger partial charge on any atom is 0.315 e. The summed E-state index contributed by atoms with van der Waals surface area (Å²) in [6, 6.07) is 7.52. The quantitative estimate of drug-likeness (QED) is 0.836. The van der Waals surface area contributed by atoms with Gasteiger partial charge in [-0.1, -0.05) is 43.6 Å². The molecule has 0 spiro atoms. The molecular formula is C14H21ClN2O. The molecule has 0 fully saturated rings. The Hall–Kier alpha value is -1.22. The number of urea groups is 1. The molecule has 0 saturated heterocycles. The van der Waals surface area contributed by atoms with Crippen molar-refractivity contribution < 1.29 is 4.79 Å². The summed E-state index contributed by atoms with van der Waals surface area (Å²) in [6.07, 6.45) is 1.87. The summed E-state index contributed by atoms with van der Waals surface area (Å²) < 4.78 is 0.